The molecule has 13 rings (SSSR count). The van der Waals surface area contributed by atoms with Gasteiger partial charge >= 0.3 is 20.1 Å². The largest absolute Gasteiger partial charge is 3.00 e. The van der Waals surface area contributed by atoms with Gasteiger partial charge in [0.25, 0.3) is 0 Å². The van der Waals surface area contributed by atoms with Gasteiger partial charge < -0.3 is 19.4 Å². The van der Waals surface area contributed by atoms with Gasteiger partial charge in [0.05, 0.1) is 0 Å². The molecule has 0 saturated carbocycles. The van der Waals surface area contributed by atoms with Crippen molar-refractivity contribution in [2.75, 3.05) is 0 Å². The van der Waals surface area contributed by atoms with Crippen molar-refractivity contribution < 1.29 is 24.5 Å². The Morgan fingerprint density at radius 3 is 1.25 bits per heavy atom. The molecule has 5 heteroatoms. The van der Waals surface area contributed by atoms with Crippen molar-refractivity contribution in [1.29, 1.82) is 0 Å². The first-order valence-electron chi connectivity index (χ1n) is 24.8. The Morgan fingerprint density at radius 1 is 0.307 bits per heavy atom. The Labute approximate surface area is 450 Å². The third kappa shape index (κ3) is 9.21. The van der Waals surface area contributed by atoms with Crippen LogP contribution in [0.4, 0.5) is 0 Å². The van der Waals surface area contributed by atoms with E-state index in [0.29, 0.717) is 0 Å². The number of benzene rings is 9. The molecule has 0 aliphatic rings. The molecule has 0 radical (unpaired) electrons. The van der Waals surface area contributed by atoms with E-state index in [2.05, 4.69) is 211 Å². The fraction of sp³-hybridized carbons (Fsp3) is 0.0143. The number of aryl methyl sites for hydroxylation is 1. The Kier molecular flexibility index (Phi) is 12.8. The van der Waals surface area contributed by atoms with E-state index in [1.807, 2.05) is 73.2 Å². The van der Waals surface area contributed by atoms with Crippen molar-refractivity contribution >= 4 is 21.9 Å². The summed E-state index contributed by atoms with van der Waals surface area (Å²) in [4.78, 5) is 13.9. The van der Waals surface area contributed by atoms with Crippen LogP contribution in [0.25, 0.3) is 134 Å². The Balaban J connectivity index is 0.00000569. The average Bonchev–Trinajstić information content (AvgIpc) is 3.85. The summed E-state index contributed by atoms with van der Waals surface area (Å²) < 4.78 is 6.54. The number of furan rings is 1. The van der Waals surface area contributed by atoms with E-state index in [9.17, 15) is 0 Å². The molecule has 0 saturated heterocycles. The average molecular weight is 1140 g/mol. The van der Waals surface area contributed by atoms with Crippen LogP contribution in [0, 0.1) is 25.1 Å². The molecule has 0 aliphatic carbocycles. The molecule has 75 heavy (non-hydrogen) atoms. The molecule has 0 amide bonds. The quantitative estimate of drug-likeness (QED) is 0.128. The van der Waals surface area contributed by atoms with Crippen LogP contribution < -0.4 is 0 Å². The van der Waals surface area contributed by atoms with Gasteiger partial charge in [-0.25, -0.2) is 0 Å². The first kappa shape index (κ1) is 46.9. The molecule has 354 valence electrons. The van der Waals surface area contributed by atoms with Crippen LogP contribution in [-0.4, -0.2) is 15.0 Å². The SMILES string of the molecule is Cc1ccc2oc3cc(-c4cc(-c5ccccn5)[c-]cc4-c4ccccc4-c4cc(-c5ccccc5-c5c[c-]c(-c6ccccn6)cc5)cc(-c5ccccc5-c5c[c-]c(-c6ccccn6)cc5)c4)ccc3c2c1.[Ir+3]. The minimum Gasteiger partial charge on any atom is -0.456 e. The second-order valence-electron chi connectivity index (χ2n) is 18.5. The fourth-order valence-corrected chi connectivity index (χ4v) is 10.3. The molecular formula is C70H44IrN3O. The third-order valence-corrected chi connectivity index (χ3v) is 13.9. The molecular weight excluding hydrogens is 1090 g/mol. The van der Waals surface area contributed by atoms with Crippen LogP contribution >= 0.6 is 0 Å². The second-order valence-corrected chi connectivity index (χ2v) is 18.5. The van der Waals surface area contributed by atoms with Crippen molar-refractivity contribution in [2.24, 2.45) is 0 Å². The van der Waals surface area contributed by atoms with Gasteiger partial charge in [0.15, 0.2) is 0 Å². The zero-order valence-electron chi connectivity index (χ0n) is 40.8. The van der Waals surface area contributed by atoms with Gasteiger partial charge in [-0.3, -0.25) is 0 Å². The molecule has 0 N–H and O–H groups in total. The molecule has 0 atom stereocenters. The Hall–Kier alpha value is -9.12. The molecule has 4 aromatic heterocycles. The van der Waals surface area contributed by atoms with Gasteiger partial charge in [-0.1, -0.05) is 166 Å². The number of fused-ring (bicyclic) bond motifs is 3. The summed E-state index contributed by atoms with van der Waals surface area (Å²) in [5.41, 5.74) is 23.5. The van der Waals surface area contributed by atoms with Gasteiger partial charge in [-0.2, -0.15) is 0 Å². The summed E-state index contributed by atoms with van der Waals surface area (Å²) in [6.07, 6.45) is 5.47. The summed E-state index contributed by atoms with van der Waals surface area (Å²) >= 11 is 0. The topological polar surface area (TPSA) is 51.8 Å². The van der Waals surface area contributed by atoms with E-state index >= 15 is 0 Å². The summed E-state index contributed by atoms with van der Waals surface area (Å²) in [7, 11) is 0. The second kappa shape index (κ2) is 20.4. The first-order valence-corrected chi connectivity index (χ1v) is 24.8. The number of nitrogens with zero attached hydrogens (tertiary/aromatic N) is 3. The molecule has 0 bridgehead atoms. The van der Waals surface area contributed by atoms with Crippen LogP contribution in [-0.2, 0) is 20.1 Å². The normalized spacial score (nSPS) is 11.2. The Bertz CT molecular complexity index is 4030. The third-order valence-electron chi connectivity index (χ3n) is 13.9. The van der Waals surface area contributed by atoms with Crippen molar-refractivity contribution in [3.05, 3.63) is 273 Å². The minimum absolute atomic E-state index is 0. The van der Waals surface area contributed by atoms with Gasteiger partial charge in [0.1, 0.15) is 11.2 Å². The number of rotatable bonds is 10. The summed E-state index contributed by atoms with van der Waals surface area (Å²) in [6, 6.07) is 91.9. The number of hydrogen-bond donors (Lipinski definition) is 0. The molecule has 4 nitrogen and oxygen atoms in total. The van der Waals surface area contributed by atoms with Gasteiger partial charge in [-0.05, 0) is 124 Å². The van der Waals surface area contributed by atoms with E-state index in [1.165, 1.54) is 5.56 Å². The molecule has 9 aromatic carbocycles. The summed E-state index contributed by atoms with van der Waals surface area (Å²) in [6.45, 7) is 2.12. The number of aromatic nitrogens is 3. The number of hydrogen-bond acceptors (Lipinski definition) is 4. The molecule has 4 heterocycles. The zero-order valence-corrected chi connectivity index (χ0v) is 43.1. The molecule has 0 aliphatic heterocycles. The predicted molar refractivity (Wildman–Crippen MR) is 303 cm³/mol. The number of pyridine rings is 3. The van der Waals surface area contributed by atoms with Crippen LogP contribution in [0.1, 0.15) is 5.56 Å². The predicted octanol–water partition coefficient (Wildman–Crippen LogP) is 18.1. The van der Waals surface area contributed by atoms with Crippen molar-refractivity contribution in [1.82, 2.24) is 15.0 Å². The van der Waals surface area contributed by atoms with Gasteiger partial charge in [0, 0.05) is 29.4 Å². The van der Waals surface area contributed by atoms with E-state index in [0.717, 1.165) is 134 Å². The van der Waals surface area contributed by atoms with Crippen LogP contribution in [0.15, 0.2) is 254 Å². The van der Waals surface area contributed by atoms with E-state index < -0.39 is 0 Å². The summed E-state index contributed by atoms with van der Waals surface area (Å²) in [5, 5.41) is 2.21. The van der Waals surface area contributed by atoms with Crippen LogP contribution in [0.5, 0.6) is 0 Å². The van der Waals surface area contributed by atoms with E-state index in [4.69, 9.17) is 9.40 Å². The first-order chi connectivity index (χ1) is 36.6. The van der Waals surface area contributed by atoms with Crippen molar-refractivity contribution in [2.45, 2.75) is 6.92 Å². The van der Waals surface area contributed by atoms with E-state index in [1.54, 1.807) is 0 Å². The van der Waals surface area contributed by atoms with Crippen LogP contribution in [0.3, 0.4) is 0 Å². The maximum Gasteiger partial charge on any atom is 3.00 e. The molecule has 0 spiro atoms. The van der Waals surface area contributed by atoms with Crippen molar-refractivity contribution in [3.63, 3.8) is 0 Å². The van der Waals surface area contributed by atoms with Gasteiger partial charge in [0.2, 0.25) is 0 Å². The zero-order chi connectivity index (χ0) is 49.4. The Morgan fingerprint density at radius 2 is 0.760 bits per heavy atom. The van der Waals surface area contributed by atoms with Crippen LogP contribution in [0.2, 0.25) is 0 Å². The maximum atomic E-state index is 6.54. The standard InChI is InChI=1S/C70H44N3O.Ir/c1-46-23-36-69-65(40-46)63-35-32-51(45-70(63)74-69)64-44-52(68-22-10-13-39-73-68)33-34-62(64)61-19-7-6-18-60(61)55-42-53(58-16-4-2-14-56(58)47-24-28-49(29-25-47)66-20-8-11-37-71-66)41-54(43-55)59-17-5-3-15-57(59)48-26-30-50(31-27-48)67-21-9-12-38-72-67;/h2-28,30,32,34-45H,1H3;/q-3;+3. The van der Waals surface area contributed by atoms with E-state index in [-0.39, 0.29) is 20.1 Å². The smallest absolute Gasteiger partial charge is 0.456 e. The maximum absolute atomic E-state index is 6.54. The minimum atomic E-state index is 0. The van der Waals surface area contributed by atoms with Crippen molar-refractivity contribution in [3.8, 4) is 112 Å². The molecule has 0 fully saturated rings. The molecule has 0 unspecified atom stereocenters. The fourth-order valence-electron chi connectivity index (χ4n) is 10.3. The monoisotopic (exact) mass is 1140 g/mol. The van der Waals surface area contributed by atoms with Gasteiger partial charge in [-0.15, -0.1) is 83.4 Å². The molecule has 13 aromatic rings. The summed E-state index contributed by atoms with van der Waals surface area (Å²) in [5.74, 6) is 0.